The molecule has 1 aliphatic rings. The summed E-state index contributed by atoms with van der Waals surface area (Å²) in [7, 11) is -3.42. The molecule has 5 heteroatoms. The van der Waals surface area contributed by atoms with Crippen molar-refractivity contribution in [3.63, 3.8) is 0 Å². The second-order valence-electron chi connectivity index (χ2n) is 6.44. The zero-order valence-corrected chi connectivity index (χ0v) is 14.8. The lowest BCUT2D eigenvalue weighted by Crippen LogP contribution is -2.29. The van der Waals surface area contributed by atoms with Crippen molar-refractivity contribution in [3.05, 3.63) is 59.7 Å². The van der Waals surface area contributed by atoms with Crippen molar-refractivity contribution >= 4 is 21.4 Å². The lowest BCUT2D eigenvalue weighted by Gasteiger charge is -2.29. The summed E-state index contributed by atoms with van der Waals surface area (Å²) in [6.45, 7) is 4.07. The first-order valence-electron chi connectivity index (χ1n) is 8.43. The standard InChI is InChI=1S/C19H24N2O2S/c1-16-8-10-17(11-9-16)15-24(22,23)20-18-6-5-7-19(14-18)21-12-3-2-4-13-21/h5-11,14,20H,2-4,12-13,15H2,1H3. The van der Waals surface area contributed by atoms with Crippen LogP contribution in [0.25, 0.3) is 0 Å². The Bertz CT molecular complexity index is 779. The van der Waals surface area contributed by atoms with Crippen molar-refractivity contribution in [2.45, 2.75) is 31.9 Å². The number of sulfonamides is 1. The largest absolute Gasteiger partial charge is 0.371 e. The van der Waals surface area contributed by atoms with E-state index in [0.29, 0.717) is 5.69 Å². The van der Waals surface area contributed by atoms with Crippen LogP contribution in [0, 0.1) is 6.92 Å². The quantitative estimate of drug-likeness (QED) is 0.894. The smallest absolute Gasteiger partial charge is 0.236 e. The predicted octanol–water partition coefficient (Wildman–Crippen LogP) is 3.93. The number of hydrogen-bond donors (Lipinski definition) is 1. The third-order valence-corrected chi connectivity index (χ3v) is 5.58. The lowest BCUT2D eigenvalue weighted by atomic mass is 10.1. The van der Waals surface area contributed by atoms with Gasteiger partial charge in [0.05, 0.1) is 11.4 Å². The Kier molecular flexibility index (Phi) is 5.09. The highest BCUT2D eigenvalue weighted by atomic mass is 32.2. The van der Waals surface area contributed by atoms with Crippen molar-refractivity contribution < 1.29 is 8.42 Å². The number of nitrogens with zero attached hydrogens (tertiary/aromatic N) is 1. The molecule has 0 amide bonds. The Hall–Kier alpha value is -2.01. The Morgan fingerprint density at radius 3 is 2.42 bits per heavy atom. The van der Waals surface area contributed by atoms with Gasteiger partial charge in [0.1, 0.15) is 0 Å². The highest BCUT2D eigenvalue weighted by Gasteiger charge is 2.14. The van der Waals surface area contributed by atoms with Crippen LogP contribution in [0.4, 0.5) is 11.4 Å². The normalized spacial score (nSPS) is 15.3. The fraction of sp³-hybridized carbons (Fsp3) is 0.368. The molecule has 0 saturated carbocycles. The summed E-state index contributed by atoms with van der Waals surface area (Å²) < 4.78 is 27.5. The van der Waals surface area contributed by atoms with Gasteiger partial charge in [-0.2, -0.15) is 0 Å². The number of nitrogens with one attached hydrogen (secondary N) is 1. The topological polar surface area (TPSA) is 49.4 Å². The fourth-order valence-corrected chi connectivity index (χ4v) is 4.23. The molecule has 24 heavy (non-hydrogen) atoms. The Morgan fingerprint density at radius 1 is 1.00 bits per heavy atom. The van der Waals surface area contributed by atoms with Gasteiger partial charge in [-0.1, -0.05) is 35.9 Å². The molecule has 0 atom stereocenters. The maximum absolute atomic E-state index is 12.4. The van der Waals surface area contributed by atoms with Gasteiger partial charge in [0, 0.05) is 18.8 Å². The maximum atomic E-state index is 12.4. The molecule has 0 radical (unpaired) electrons. The van der Waals surface area contributed by atoms with Crippen molar-refractivity contribution in [1.82, 2.24) is 0 Å². The van der Waals surface area contributed by atoms with Gasteiger partial charge in [-0.3, -0.25) is 4.72 Å². The van der Waals surface area contributed by atoms with E-state index in [1.165, 1.54) is 19.3 Å². The molecular weight excluding hydrogens is 320 g/mol. The summed E-state index contributed by atoms with van der Waals surface area (Å²) in [6.07, 6.45) is 3.67. The summed E-state index contributed by atoms with van der Waals surface area (Å²) in [5, 5.41) is 0. The second-order valence-corrected chi connectivity index (χ2v) is 8.17. The van der Waals surface area contributed by atoms with Crippen LogP contribution in [0.5, 0.6) is 0 Å². The molecule has 1 fully saturated rings. The van der Waals surface area contributed by atoms with Crippen molar-refractivity contribution in [2.75, 3.05) is 22.7 Å². The van der Waals surface area contributed by atoms with E-state index in [9.17, 15) is 8.42 Å². The molecule has 2 aromatic carbocycles. The maximum Gasteiger partial charge on any atom is 0.236 e. The Balaban J connectivity index is 1.71. The molecule has 4 nitrogen and oxygen atoms in total. The minimum Gasteiger partial charge on any atom is -0.371 e. The SMILES string of the molecule is Cc1ccc(CS(=O)(=O)Nc2cccc(N3CCCCC3)c2)cc1. The van der Waals surface area contributed by atoms with Crippen LogP contribution < -0.4 is 9.62 Å². The zero-order valence-electron chi connectivity index (χ0n) is 14.0. The molecule has 0 bridgehead atoms. The molecule has 1 heterocycles. The summed E-state index contributed by atoms with van der Waals surface area (Å²) in [5.41, 5.74) is 3.63. The predicted molar refractivity (Wildman–Crippen MR) is 99.9 cm³/mol. The zero-order chi connectivity index (χ0) is 17.0. The first-order valence-corrected chi connectivity index (χ1v) is 10.1. The van der Waals surface area contributed by atoms with E-state index in [4.69, 9.17) is 0 Å². The van der Waals surface area contributed by atoms with Gasteiger partial charge in [0.15, 0.2) is 0 Å². The Morgan fingerprint density at radius 2 is 1.71 bits per heavy atom. The van der Waals surface area contributed by atoms with Crippen LogP contribution in [-0.2, 0) is 15.8 Å². The van der Waals surface area contributed by atoms with Crippen LogP contribution in [0.2, 0.25) is 0 Å². The van der Waals surface area contributed by atoms with Crippen LogP contribution in [-0.4, -0.2) is 21.5 Å². The number of aryl methyl sites for hydroxylation is 1. The molecule has 1 saturated heterocycles. The van der Waals surface area contributed by atoms with Crippen LogP contribution in [0.1, 0.15) is 30.4 Å². The molecule has 0 aromatic heterocycles. The number of rotatable bonds is 5. The van der Waals surface area contributed by atoms with Gasteiger partial charge < -0.3 is 4.90 Å². The molecule has 1 aliphatic heterocycles. The lowest BCUT2D eigenvalue weighted by molar-refractivity contribution is 0.578. The van der Waals surface area contributed by atoms with Crippen LogP contribution in [0.3, 0.4) is 0 Å². The molecule has 0 aliphatic carbocycles. The van der Waals surface area contributed by atoms with Gasteiger partial charge in [-0.05, 0) is 49.9 Å². The first-order chi connectivity index (χ1) is 11.5. The van der Waals surface area contributed by atoms with E-state index in [-0.39, 0.29) is 5.75 Å². The fourth-order valence-electron chi connectivity index (χ4n) is 3.04. The third kappa shape index (κ3) is 4.51. The summed E-state index contributed by atoms with van der Waals surface area (Å²) in [4.78, 5) is 2.32. The van der Waals surface area contributed by atoms with Gasteiger partial charge in [-0.15, -0.1) is 0 Å². The molecule has 0 spiro atoms. The highest BCUT2D eigenvalue weighted by Crippen LogP contribution is 2.24. The van der Waals surface area contributed by atoms with Gasteiger partial charge in [-0.25, -0.2) is 8.42 Å². The van der Waals surface area contributed by atoms with E-state index in [2.05, 4.69) is 9.62 Å². The van der Waals surface area contributed by atoms with E-state index < -0.39 is 10.0 Å². The molecule has 128 valence electrons. The molecular formula is C19H24N2O2S. The molecule has 2 aromatic rings. The van der Waals surface area contributed by atoms with Crippen LogP contribution >= 0.6 is 0 Å². The van der Waals surface area contributed by atoms with E-state index >= 15 is 0 Å². The minimum absolute atomic E-state index is 0.0127. The van der Waals surface area contributed by atoms with Crippen molar-refractivity contribution in [1.29, 1.82) is 0 Å². The first kappa shape index (κ1) is 16.8. The average Bonchev–Trinajstić information content (AvgIpc) is 2.57. The van der Waals surface area contributed by atoms with Crippen molar-refractivity contribution in [2.24, 2.45) is 0 Å². The monoisotopic (exact) mass is 344 g/mol. The molecule has 0 unspecified atom stereocenters. The van der Waals surface area contributed by atoms with Crippen molar-refractivity contribution in [3.8, 4) is 0 Å². The molecule has 1 N–H and O–H groups in total. The van der Waals surface area contributed by atoms with E-state index in [1.54, 1.807) is 6.07 Å². The van der Waals surface area contributed by atoms with Gasteiger partial charge >= 0.3 is 0 Å². The number of piperidine rings is 1. The Labute approximate surface area is 144 Å². The highest BCUT2D eigenvalue weighted by molar-refractivity contribution is 7.91. The number of benzene rings is 2. The van der Waals surface area contributed by atoms with Gasteiger partial charge in [0.25, 0.3) is 0 Å². The van der Waals surface area contributed by atoms with Crippen LogP contribution in [0.15, 0.2) is 48.5 Å². The summed E-state index contributed by atoms with van der Waals surface area (Å²) in [5.74, 6) is -0.0127. The minimum atomic E-state index is -3.42. The average molecular weight is 344 g/mol. The second kappa shape index (κ2) is 7.26. The number of anilines is 2. The van der Waals surface area contributed by atoms with Gasteiger partial charge in [0.2, 0.25) is 10.0 Å². The van der Waals surface area contributed by atoms with E-state index in [0.717, 1.165) is 29.9 Å². The third-order valence-electron chi connectivity index (χ3n) is 4.32. The summed E-state index contributed by atoms with van der Waals surface area (Å²) >= 11 is 0. The van der Waals surface area contributed by atoms with E-state index in [1.807, 2.05) is 49.4 Å². The number of hydrogen-bond acceptors (Lipinski definition) is 3. The summed E-state index contributed by atoms with van der Waals surface area (Å²) in [6, 6.07) is 15.3. The molecule has 3 rings (SSSR count).